The van der Waals surface area contributed by atoms with Crippen LogP contribution in [0, 0.1) is 17.2 Å². The summed E-state index contributed by atoms with van der Waals surface area (Å²) in [5.41, 5.74) is -3.58. The second-order valence-electron chi connectivity index (χ2n) is 9.61. The van der Waals surface area contributed by atoms with Crippen LogP contribution < -0.4 is 0 Å². The number of rotatable bonds is 8. The zero-order chi connectivity index (χ0) is 25.9. The lowest BCUT2D eigenvalue weighted by Gasteiger charge is -2.36. The van der Waals surface area contributed by atoms with Crippen LogP contribution in [-0.4, -0.2) is 18.0 Å². The number of nitrogens with zero attached hydrogens (tertiary/aromatic N) is 2. The standard InChI is InChI=1S/C27H30F6N2/c1-19(35(2)17-20-8-4-3-5-9-20)14-15-25(18-34,21-10-6-7-11-21)22-12-13-23(26(28,29)30)24(16-22)27(31,32)33/h3-5,8-9,12-13,16,19,21H,6-7,10-11,14-15,17H2,1-2H3. The van der Waals surface area contributed by atoms with Gasteiger partial charge >= 0.3 is 12.4 Å². The number of hydrogen-bond acceptors (Lipinski definition) is 2. The maximum absolute atomic E-state index is 13.7. The Labute approximate surface area is 202 Å². The minimum Gasteiger partial charge on any atom is -0.299 e. The molecule has 8 heteroatoms. The molecule has 2 nitrogen and oxygen atoms in total. The number of benzene rings is 2. The Morgan fingerprint density at radius 3 is 2.09 bits per heavy atom. The van der Waals surface area contributed by atoms with E-state index >= 15 is 0 Å². The molecule has 0 spiro atoms. The van der Waals surface area contributed by atoms with Crippen molar-refractivity contribution in [2.45, 2.75) is 75.8 Å². The Hall–Kier alpha value is -2.53. The van der Waals surface area contributed by atoms with Gasteiger partial charge in [0.15, 0.2) is 0 Å². The second-order valence-corrected chi connectivity index (χ2v) is 9.61. The van der Waals surface area contributed by atoms with Gasteiger partial charge in [0, 0.05) is 12.6 Å². The van der Waals surface area contributed by atoms with E-state index in [0.717, 1.165) is 24.5 Å². The molecule has 2 atom stereocenters. The summed E-state index contributed by atoms with van der Waals surface area (Å²) in [7, 11) is 1.95. The first kappa shape index (κ1) is 27.1. The van der Waals surface area contributed by atoms with Crippen LogP contribution in [0.3, 0.4) is 0 Å². The van der Waals surface area contributed by atoms with E-state index in [1.165, 1.54) is 0 Å². The molecule has 1 saturated carbocycles. The molecule has 190 valence electrons. The van der Waals surface area contributed by atoms with Crippen molar-refractivity contribution in [3.05, 3.63) is 70.8 Å². The summed E-state index contributed by atoms with van der Waals surface area (Å²) in [5.74, 6) is -0.197. The molecule has 1 aliphatic carbocycles. The lowest BCUT2D eigenvalue weighted by molar-refractivity contribution is -0.162. The predicted octanol–water partition coefficient (Wildman–Crippen LogP) is 7.98. The molecule has 0 aliphatic heterocycles. The van der Waals surface area contributed by atoms with E-state index < -0.39 is 28.9 Å². The maximum Gasteiger partial charge on any atom is 0.417 e. The molecule has 2 unspecified atom stereocenters. The lowest BCUT2D eigenvalue weighted by atomic mass is 9.66. The van der Waals surface area contributed by atoms with Gasteiger partial charge in [-0.2, -0.15) is 31.6 Å². The molecule has 2 aromatic rings. The zero-order valence-corrected chi connectivity index (χ0v) is 19.9. The van der Waals surface area contributed by atoms with Crippen LogP contribution in [0.25, 0.3) is 0 Å². The van der Waals surface area contributed by atoms with Gasteiger partial charge in [-0.3, -0.25) is 4.90 Å². The summed E-state index contributed by atoms with van der Waals surface area (Å²) in [4.78, 5) is 2.11. The molecule has 0 bridgehead atoms. The summed E-state index contributed by atoms with van der Waals surface area (Å²) in [6.07, 6.45) is -6.47. The molecule has 3 rings (SSSR count). The molecule has 0 heterocycles. The highest BCUT2D eigenvalue weighted by Gasteiger charge is 2.47. The molecule has 0 N–H and O–H groups in total. The first-order chi connectivity index (χ1) is 16.4. The van der Waals surface area contributed by atoms with E-state index in [2.05, 4.69) is 11.0 Å². The van der Waals surface area contributed by atoms with Gasteiger partial charge in [0.25, 0.3) is 0 Å². The average molecular weight is 497 g/mol. The average Bonchev–Trinajstić information content (AvgIpc) is 3.34. The zero-order valence-electron chi connectivity index (χ0n) is 19.9. The van der Waals surface area contributed by atoms with Gasteiger partial charge in [0.05, 0.1) is 22.6 Å². The van der Waals surface area contributed by atoms with Crippen LogP contribution in [0.4, 0.5) is 26.3 Å². The van der Waals surface area contributed by atoms with Gasteiger partial charge in [-0.25, -0.2) is 0 Å². The van der Waals surface area contributed by atoms with Crippen molar-refractivity contribution in [3.63, 3.8) is 0 Å². The van der Waals surface area contributed by atoms with Crippen LogP contribution in [-0.2, 0) is 24.3 Å². The summed E-state index contributed by atoms with van der Waals surface area (Å²) in [5, 5.41) is 10.3. The van der Waals surface area contributed by atoms with Gasteiger partial charge in [-0.15, -0.1) is 0 Å². The van der Waals surface area contributed by atoms with Crippen LogP contribution in [0.5, 0.6) is 0 Å². The first-order valence-electron chi connectivity index (χ1n) is 11.8. The molecule has 0 amide bonds. The van der Waals surface area contributed by atoms with Crippen molar-refractivity contribution in [1.82, 2.24) is 4.90 Å². The molecule has 1 aliphatic rings. The normalized spacial score (nSPS) is 17.8. The SMILES string of the molecule is CC(CCC(C#N)(c1ccc(C(F)(F)F)c(C(F)(F)F)c1)C1CCCC1)N(C)Cc1ccccc1. The first-order valence-corrected chi connectivity index (χ1v) is 11.8. The smallest absolute Gasteiger partial charge is 0.299 e. The Kier molecular flexibility index (Phi) is 8.21. The quantitative estimate of drug-likeness (QED) is 0.347. The van der Waals surface area contributed by atoms with E-state index in [1.807, 2.05) is 44.3 Å². The Balaban J connectivity index is 1.94. The lowest BCUT2D eigenvalue weighted by Crippen LogP contribution is -2.36. The number of hydrogen-bond donors (Lipinski definition) is 0. The van der Waals surface area contributed by atoms with E-state index in [0.29, 0.717) is 37.9 Å². The van der Waals surface area contributed by atoms with Crippen LogP contribution in [0.15, 0.2) is 48.5 Å². The van der Waals surface area contributed by atoms with Gasteiger partial charge < -0.3 is 0 Å². The minimum atomic E-state index is -5.18. The minimum absolute atomic E-state index is 0.0147. The third-order valence-electron chi connectivity index (χ3n) is 7.38. The fourth-order valence-corrected chi connectivity index (χ4v) is 5.20. The Bertz CT molecular complexity index is 1020. The molecule has 0 radical (unpaired) electrons. The van der Waals surface area contributed by atoms with Gasteiger partial charge in [-0.1, -0.05) is 49.2 Å². The highest BCUT2D eigenvalue weighted by molar-refractivity contribution is 5.43. The summed E-state index contributed by atoms with van der Waals surface area (Å²) >= 11 is 0. The van der Waals surface area contributed by atoms with Gasteiger partial charge in [0.1, 0.15) is 0 Å². The Morgan fingerprint density at radius 2 is 1.54 bits per heavy atom. The molecular formula is C27H30F6N2. The molecule has 35 heavy (non-hydrogen) atoms. The fraction of sp³-hybridized carbons (Fsp3) is 0.519. The van der Waals surface area contributed by atoms with E-state index in [9.17, 15) is 31.6 Å². The third kappa shape index (κ3) is 6.19. The highest BCUT2D eigenvalue weighted by Crippen LogP contribution is 2.48. The van der Waals surface area contributed by atoms with Crippen molar-refractivity contribution >= 4 is 0 Å². The van der Waals surface area contributed by atoms with Crippen molar-refractivity contribution < 1.29 is 26.3 Å². The maximum atomic E-state index is 13.7. The number of alkyl halides is 6. The van der Waals surface area contributed by atoms with Crippen molar-refractivity contribution in [2.24, 2.45) is 5.92 Å². The van der Waals surface area contributed by atoms with Gasteiger partial charge in [-0.05, 0) is 68.8 Å². The summed E-state index contributed by atoms with van der Waals surface area (Å²) < 4.78 is 81.0. The van der Waals surface area contributed by atoms with Crippen LogP contribution >= 0.6 is 0 Å². The number of halogens is 6. The van der Waals surface area contributed by atoms with Gasteiger partial charge in [0.2, 0.25) is 0 Å². The fourth-order valence-electron chi connectivity index (χ4n) is 5.20. The van der Waals surface area contributed by atoms with Crippen LogP contribution in [0.1, 0.15) is 67.7 Å². The van der Waals surface area contributed by atoms with E-state index in [4.69, 9.17) is 0 Å². The predicted molar refractivity (Wildman–Crippen MR) is 122 cm³/mol. The van der Waals surface area contributed by atoms with Crippen LogP contribution in [0.2, 0.25) is 0 Å². The van der Waals surface area contributed by atoms with E-state index in [1.54, 1.807) is 0 Å². The summed E-state index contributed by atoms with van der Waals surface area (Å²) in [6.45, 7) is 2.66. The number of nitriles is 1. The highest BCUT2D eigenvalue weighted by atomic mass is 19.4. The topological polar surface area (TPSA) is 27.0 Å². The molecule has 0 saturated heterocycles. The molecule has 0 aromatic heterocycles. The molecule has 2 aromatic carbocycles. The molecule has 1 fully saturated rings. The largest absolute Gasteiger partial charge is 0.417 e. The molecular weight excluding hydrogens is 466 g/mol. The monoisotopic (exact) mass is 496 g/mol. The Morgan fingerprint density at radius 1 is 0.943 bits per heavy atom. The van der Waals surface area contributed by atoms with E-state index in [-0.39, 0.29) is 23.9 Å². The van der Waals surface area contributed by atoms with Crippen molar-refractivity contribution in [2.75, 3.05) is 7.05 Å². The van der Waals surface area contributed by atoms with Crippen molar-refractivity contribution in [3.8, 4) is 6.07 Å². The third-order valence-corrected chi connectivity index (χ3v) is 7.38. The van der Waals surface area contributed by atoms with Crippen molar-refractivity contribution in [1.29, 1.82) is 5.26 Å². The summed E-state index contributed by atoms with van der Waals surface area (Å²) in [6, 6.07) is 14.3. The second kappa shape index (κ2) is 10.6.